The van der Waals surface area contributed by atoms with Gasteiger partial charge in [0.05, 0.1) is 0 Å². The van der Waals surface area contributed by atoms with Gasteiger partial charge in [-0.1, -0.05) is 32.0 Å². The Labute approximate surface area is 168 Å². The number of fused-ring (bicyclic) bond motifs is 1. The molecular weight excluding hydrogens is 348 g/mol. The van der Waals surface area contributed by atoms with Crippen LogP contribution in [0, 0.1) is 29.1 Å². The number of nitrogens with zero attached hydrogens (tertiary/aromatic N) is 1. The molecule has 0 aromatic heterocycles. The number of hydrogen-bond donors (Lipinski definition) is 1. The van der Waals surface area contributed by atoms with Crippen LogP contribution in [0.15, 0.2) is 24.3 Å². The number of para-hydroxylation sites is 1. The van der Waals surface area contributed by atoms with Crippen LogP contribution in [0.3, 0.4) is 0 Å². The van der Waals surface area contributed by atoms with Crippen LogP contribution in [0.4, 0.5) is 5.69 Å². The van der Waals surface area contributed by atoms with Gasteiger partial charge >= 0.3 is 0 Å². The predicted octanol–water partition coefficient (Wildman–Crippen LogP) is 3.93. The quantitative estimate of drug-likeness (QED) is 0.860. The summed E-state index contributed by atoms with van der Waals surface area (Å²) in [6.07, 6.45) is 7.98. The number of carbonyl (C=O) groups excluding carboxylic acids is 2. The van der Waals surface area contributed by atoms with Gasteiger partial charge in [0.25, 0.3) is 0 Å². The number of rotatable bonds is 4. The highest BCUT2D eigenvalue weighted by molar-refractivity contribution is 6.01. The molecule has 6 rings (SSSR count). The zero-order chi connectivity index (χ0) is 19.5. The summed E-state index contributed by atoms with van der Waals surface area (Å²) in [4.78, 5) is 28.8. The zero-order valence-corrected chi connectivity index (χ0v) is 17.1. The maximum Gasteiger partial charge on any atom is 0.249 e. The van der Waals surface area contributed by atoms with Crippen molar-refractivity contribution in [3.05, 3.63) is 29.8 Å². The molecule has 1 aromatic carbocycles. The third-order valence-electron chi connectivity index (χ3n) is 7.89. The Bertz CT molecular complexity index is 764. The molecule has 1 heterocycles. The van der Waals surface area contributed by atoms with Crippen LogP contribution in [-0.2, 0) is 16.0 Å². The van der Waals surface area contributed by atoms with E-state index in [1.165, 1.54) is 24.8 Å². The molecule has 5 aliphatic rings. The minimum atomic E-state index is -0.438. The van der Waals surface area contributed by atoms with E-state index in [1.807, 2.05) is 36.9 Å². The second-order valence-electron chi connectivity index (χ2n) is 10.3. The van der Waals surface area contributed by atoms with Crippen molar-refractivity contribution in [3.8, 4) is 0 Å². The third-order valence-corrected chi connectivity index (χ3v) is 7.89. The summed E-state index contributed by atoms with van der Waals surface area (Å²) in [7, 11) is 0. The van der Waals surface area contributed by atoms with Crippen molar-refractivity contribution in [2.75, 3.05) is 11.4 Å². The Morgan fingerprint density at radius 3 is 2.25 bits per heavy atom. The van der Waals surface area contributed by atoms with E-state index in [-0.39, 0.29) is 23.1 Å². The van der Waals surface area contributed by atoms with Gasteiger partial charge < -0.3 is 10.2 Å². The molecule has 2 amide bonds. The van der Waals surface area contributed by atoms with Gasteiger partial charge in [0.1, 0.15) is 6.04 Å². The Morgan fingerprint density at radius 2 is 1.64 bits per heavy atom. The fourth-order valence-electron chi connectivity index (χ4n) is 6.93. The highest BCUT2D eigenvalue weighted by atomic mass is 16.2. The number of benzene rings is 1. The van der Waals surface area contributed by atoms with Crippen LogP contribution in [0.25, 0.3) is 0 Å². The molecule has 1 atom stereocenters. The van der Waals surface area contributed by atoms with E-state index in [0.717, 1.165) is 49.1 Å². The van der Waals surface area contributed by atoms with Crippen molar-refractivity contribution in [1.29, 1.82) is 0 Å². The molecule has 0 saturated heterocycles. The molecule has 4 nitrogen and oxygen atoms in total. The summed E-state index contributed by atoms with van der Waals surface area (Å²) >= 11 is 0. The smallest absolute Gasteiger partial charge is 0.249 e. The molecule has 1 unspecified atom stereocenters. The van der Waals surface area contributed by atoms with Crippen molar-refractivity contribution in [3.63, 3.8) is 0 Å². The molecule has 28 heavy (non-hydrogen) atoms. The van der Waals surface area contributed by atoms with Crippen LogP contribution in [0.2, 0.25) is 0 Å². The highest BCUT2D eigenvalue weighted by Gasteiger charge is 2.55. The van der Waals surface area contributed by atoms with Crippen molar-refractivity contribution < 1.29 is 9.59 Å². The number of amides is 2. The third kappa shape index (κ3) is 2.87. The first-order chi connectivity index (χ1) is 13.4. The number of carbonyl (C=O) groups is 2. The van der Waals surface area contributed by atoms with Crippen LogP contribution in [0.1, 0.15) is 57.9 Å². The first kappa shape index (κ1) is 18.2. The van der Waals surface area contributed by atoms with Gasteiger partial charge in [-0.2, -0.15) is 0 Å². The molecule has 4 bridgehead atoms. The topological polar surface area (TPSA) is 49.4 Å². The summed E-state index contributed by atoms with van der Waals surface area (Å²) in [5.74, 6) is 2.49. The SMILES string of the molecule is CC(C)C(NC(=O)C12CC3CC(CC(C3)C1)C2)C(=O)N1CCc2ccccc21. The maximum absolute atomic E-state index is 13.5. The van der Waals surface area contributed by atoms with Gasteiger partial charge in [-0.3, -0.25) is 9.59 Å². The molecule has 1 aliphatic heterocycles. The standard InChI is InChI=1S/C24H32N2O2/c1-15(2)21(22(27)26-8-7-19-5-3-4-6-20(19)26)25-23(28)24-12-16-9-17(13-24)11-18(10-16)14-24/h3-6,15-18,21H,7-14H2,1-2H3,(H,25,28). The van der Waals surface area contributed by atoms with Gasteiger partial charge in [0.15, 0.2) is 0 Å². The summed E-state index contributed by atoms with van der Waals surface area (Å²) in [5.41, 5.74) is 2.04. The van der Waals surface area contributed by atoms with E-state index in [0.29, 0.717) is 6.54 Å². The van der Waals surface area contributed by atoms with E-state index < -0.39 is 6.04 Å². The lowest BCUT2D eigenvalue weighted by Crippen LogP contribution is -2.58. The molecule has 4 fully saturated rings. The molecule has 4 saturated carbocycles. The van der Waals surface area contributed by atoms with Crippen molar-refractivity contribution >= 4 is 17.5 Å². The lowest BCUT2D eigenvalue weighted by atomic mass is 9.49. The van der Waals surface area contributed by atoms with Gasteiger partial charge in [0.2, 0.25) is 11.8 Å². The fourth-order valence-corrected chi connectivity index (χ4v) is 6.93. The molecule has 0 spiro atoms. The van der Waals surface area contributed by atoms with Gasteiger partial charge in [-0.25, -0.2) is 0 Å². The average Bonchev–Trinajstić information content (AvgIpc) is 3.08. The summed E-state index contributed by atoms with van der Waals surface area (Å²) in [5, 5.41) is 3.25. The van der Waals surface area contributed by atoms with E-state index in [2.05, 4.69) is 11.4 Å². The first-order valence-corrected chi connectivity index (χ1v) is 11.2. The molecule has 4 aliphatic carbocycles. The normalized spacial score (nSPS) is 33.8. The van der Waals surface area contributed by atoms with E-state index in [4.69, 9.17) is 0 Å². The van der Waals surface area contributed by atoms with Gasteiger partial charge in [0, 0.05) is 17.6 Å². The van der Waals surface area contributed by atoms with Crippen LogP contribution < -0.4 is 10.2 Å². The largest absolute Gasteiger partial charge is 0.344 e. The van der Waals surface area contributed by atoms with Crippen molar-refractivity contribution in [2.24, 2.45) is 29.1 Å². The van der Waals surface area contributed by atoms with Crippen LogP contribution >= 0.6 is 0 Å². The monoisotopic (exact) mass is 380 g/mol. The number of hydrogen-bond acceptors (Lipinski definition) is 2. The van der Waals surface area contributed by atoms with E-state index in [9.17, 15) is 9.59 Å². The zero-order valence-electron chi connectivity index (χ0n) is 17.1. The molecule has 0 radical (unpaired) electrons. The Morgan fingerprint density at radius 1 is 1.04 bits per heavy atom. The minimum absolute atomic E-state index is 0.0537. The Hall–Kier alpha value is -1.84. The van der Waals surface area contributed by atoms with E-state index in [1.54, 1.807) is 0 Å². The summed E-state index contributed by atoms with van der Waals surface area (Å²) in [6.45, 7) is 4.81. The first-order valence-electron chi connectivity index (χ1n) is 11.2. The second kappa shape index (κ2) is 6.60. The summed E-state index contributed by atoms with van der Waals surface area (Å²) in [6, 6.07) is 7.70. The molecule has 1 N–H and O–H groups in total. The number of anilines is 1. The minimum Gasteiger partial charge on any atom is -0.344 e. The molecule has 1 aromatic rings. The lowest BCUT2D eigenvalue weighted by molar-refractivity contribution is -0.148. The Kier molecular flexibility index (Phi) is 4.29. The van der Waals surface area contributed by atoms with Gasteiger partial charge in [-0.15, -0.1) is 0 Å². The summed E-state index contributed by atoms with van der Waals surface area (Å²) < 4.78 is 0. The predicted molar refractivity (Wildman–Crippen MR) is 110 cm³/mol. The molecule has 150 valence electrons. The van der Waals surface area contributed by atoms with Gasteiger partial charge in [-0.05, 0) is 80.2 Å². The van der Waals surface area contributed by atoms with E-state index >= 15 is 0 Å². The molecular formula is C24H32N2O2. The Balaban J connectivity index is 1.35. The van der Waals surface area contributed by atoms with Crippen LogP contribution in [-0.4, -0.2) is 24.4 Å². The number of nitrogens with one attached hydrogen (secondary N) is 1. The second-order valence-corrected chi connectivity index (χ2v) is 10.3. The highest BCUT2D eigenvalue weighted by Crippen LogP contribution is 2.60. The lowest BCUT2D eigenvalue weighted by Gasteiger charge is -2.56. The van der Waals surface area contributed by atoms with Crippen LogP contribution in [0.5, 0.6) is 0 Å². The average molecular weight is 381 g/mol. The molecule has 4 heteroatoms. The fraction of sp³-hybridized carbons (Fsp3) is 0.667. The van der Waals surface area contributed by atoms with Crippen molar-refractivity contribution in [1.82, 2.24) is 5.32 Å². The maximum atomic E-state index is 13.5. The van der Waals surface area contributed by atoms with Crippen molar-refractivity contribution in [2.45, 2.75) is 64.8 Å².